The van der Waals surface area contributed by atoms with Gasteiger partial charge >= 0.3 is 0 Å². The van der Waals surface area contributed by atoms with Crippen molar-refractivity contribution in [3.8, 4) is 0 Å². The molecule has 1 aromatic carbocycles. The van der Waals surface area contributed by atoms with Crippen LogP contribution in [0.1, 0.15) is 5.56 Å². The number of rotatable bonds is 3. The summed E-state index contributed by atoms with van der Waals surface area (Å²) in [7, 11) is 0. The Morgan fingerprint density at radius 2 is 1.94 bits per heavy atom. The zero-order valence-electron chi connectivity index (χ0n) is 8.56. The van der Waals surface area contributed by atoms with Gasteiger partial charge in [-0.05, 0) is 30.3 Å². The summed E-state index contributed by atoms with van der Waals surface area (Å²) in [6.07, 6.45) is 1.71. The van der Waals surface area contributed by atoms with Crippen LogP contribution in [0.3, 0.4) is 0 Å². The summed E-state index contributed by atoms with van der Waals surface area (Å²) in [5.74, 6) is 1.47. The topological polar surface area (TPSA) is 38.9 Å². The molecule has 0 amide bonds. The van der Waals surface area contributed by atoms with Crippen molar-refractivity contribution < 1.29 is 0 Å². The molecule has 16 heavy (non-hydrogen) atoms. The van der Waals surface area contributed by atoms with E-state index < -0.39 is 0 Å². The van der Waals surface area contributed by atoms with Crippen molar-refractivity contribution >= 4 is 33.5 Å². The summed E-state index contributed by atoms with van der Waals surface area (Å²) < 4.78 is 1.10. The zero-order chi connectivity index (χ0) is 11.4. The number of nitrogens with zero attached hydrogens (tertiary/aromatic N) is 1. The molecule has 0 unspecified atom stereocenters. The molecule has 0 radical (unpaired) electrons. The van der Waals surface area contributed by atoms with Gasteiger partial charge in [-0.3, -0.25) is 0 Å². The quantitative estimate of drug-likeness (QED) is 0.877. The number of thioether (sulfide) groups is 1. The molecule has 1 aromatic heterocycles. The highest BCUT2D eigenvalue weighted by Gasteiger charge is 2.00. The van der Waals surface area contributed by atoms with Gasteiger partial charge in [0, 0.05) is 26.9 Å². The second kappa shape index (κ2) is 5.37. The largest absolute Gasteiger partial charge is 0.383 e. The standard InChI is InChI=1S/C12H11BrN2S/c13-10-3-5-11(6-4-10)16-8-9-2-1-7-15-12(9)14/h1-7H,8H2,(H2,14,15). The van der Waals surface area contributed by atoms with Crippen LogP contribution in [0.15, 0.2) is 52.0 Å². The van der Waals surface area contributed by atoms with Crippen molar-refractivity contribution in [1.82, 2.24) is 4.98 Å². The number of anilines is 1. The minimum Gasteiger partial charge on any atom is -0.383 e. The Balaban J connectivity index is 2.02. The first-order valence-corrected chi connectivity index (χ1v) is 6.61. The fourth-order valence-electron chi connectivity index (χ4n) is 1.26. The van der Waals surface area contributed by atoms with Crippen LogP contribution in [0.25, 0.3) is 0 Å². The molecule has 2 nitrogen and oxygen atoms in total. The van der Waals surface area contributed by atoms with E-state index in [1.807, 2.05) is 24.3 Å². The van der Waals surface area contributed by atoms with E-state index in [4.69, 9.17) is 5.73 Å². The molecular formula is C12H11BrN2S. The Hall–Kier alpha value is -1.00. The van der Waals surface area contributed by atoms with Crippen LogP contribution in [0.2, 0.25) is 0 Å². The first kappa shape index (κ1) is 11.5. The van der Waals surface area contributed by atoms with Gasteiger partial charge in [0.1, 0.15) is 5.82 Å². The molecule has 0 saturated heterocycles. The second-order valence-electron chi connectivity index (χ2n) is 3.29. The summed E-state index contributed by atoms with van der Waals surface area (Å²) in [6.45, 7) is 0. The van der Waals surface area contributed by atoms with Crippen molar-refractivity contribution in [2.45, 2.75) is 10.6 Å². The number of benzene rings is 1. The van der Waals surface area contributed by atoms with E-state index >= 15 is 0 Å². The van der Waals surface area contributed by atoms with Crippen LogP contribution in [-0.2, 0) is 5.75 Å². The molecule has 1 heterocycles. The average Bonchev–Trinajstić information content (AvgIpc) is 2.30. The Morgan fingerprint density at radius 1 is 1.19 bits per heavy atom. The number of aromatic nitrogens is 1. The number of pyridine rings is 1. The molecule has 0 saturated carbocycles. The van der Waals surface area contributed by atoms with Crippen LogP contribution in [0.5, 0.6) is 0 Å². The molecule has 4 heteroatoms. The fourth-order valence-corrected chi connectivity index (χ4v) is 2.42. The molecule has 0 aliphatic carbocycles. The Bertz CT molecular complexity index is 471. The number of nitrogens with two attached hydrogens (primary N) is 1. The van der Waals surface area contributed by atoms with Crippen LogP contribution >= 0.6 is 27.7 Å². The summed E-state index contributed by atoms with van der Waals surface area (Å²) in [6, 6.07) is 12.2. The van der Waals surface area contributed by atoms with Crippen LogP contribution < -0.4 is 5.73 Å². The Kier molecular flexibility index (Phi) is 3.85. The predicted octanol–water partition coefficient (Wildman–Crippen LogP) is 3.72. The van der Waals surface area contributed by atoms with Gasteiger partial charge in [0.2, 0.25) is 0 Å². The van der Waals surface area contributed by atoms with Gasteiger partial charge in [0.05, 0.1) is 0 Å². The maximum absolute atomic E-state index is 5.78. The molecular weight excluding hydrogens is 284 g/mol. The molecule has 0 atom stereocenters. The van der Waals surface area contributed by atoms with Crippen molar-refractivity contribution in [2.24, 2.45) is 0 Å². The normalized spacial score (nSPS) is 10.3. The first-order valence-electron chi connectivity index (χ1n) is 4.83. The minimum atomic E-state index is 0.618. The summed E-state index contributed by atoms with van der Waals surface area (Å²) in [4.78, 5) is 5.29. The summed E-state index contributed by atoms with van der Waals surface area (Å²) in [5.41, 5.74) is 6.86. The van der Waals surface area contributed by atoms with Crippen molar-refractivity contribution in [3.05, 3.63) is 52.6 Å². The SMILES string of the molecule is Nc1ncccc1CSc1ccc(Br)cc1. The molecule has 0 aliphatic rings. The highest BCUT2D eigenvalue weighted by molar-refractivity contribution is 9.10. The average molecular weight is 295 g/mol. The third kappa shape index (κ3) is 3.00. The fraction of sp³-hybridized carbons (Fsp3) is 0.0833. The summed E-state index contributed by atoms with van der Waals surface area (Å²) >= 11 is 5.17. The third-order valence-corrected chi connectivity index (χ3v) is 3.72. The lowest BCUT2D eigenvalue weighted by Crippen LogP contribution is -1.94. The van der Waals surface area contributed by atoms with Crippen molar-refractivity contribution in [3.63, 3.8) is 0 Å². The van der Waals surface area contributed by atoms with Gasteiger partial charge in [-0.2, -0.15) is 0 Å². The number of hydrogen-bond donors (Lipinski definition) is 1. The molecule has 0 fully saturated rings. The highest BCUT2D eigenvalue weighted by atomic mass is 79.9. The lowest BCUT2D eigenvalue weighted by molar-refractivity contribution is 1.26. The van der Waals surface area contributed by atoms with E-state index in [1.54, 1.807) is 18.0 Å². The maximum Gasteiger partial charge on any atom is 0.127 e. The van der Waals surface area contributed by atoms with Gasteiger partial charge in [0.25, 0.3) is 0 Å². The van der Waals surface area contributed by atoms with Gasteiger partial charge in [-0.25, -0.2) is 4.98 Å². The molecule has 0 aliphatic heterocycles. The Morgan fingerprint density at radius 3 is 2.62 bits per heavy atom. The lowest BCUT2D eigenvalue weighted by Gasteiger charge is -2.04. The maximum atomic E-state index is 5.78. The molecule has 82 valence electrons. The first-order chi connectivity index (χ1) is 7.75. The van der Waals surface area contributed by atoms with Crippen molar-refractivity contribution in [2.75, 3.05) is 5.73 Å². The molecule has 2 N–H and O–H groups in total. The Labute approximate surface area is 107 Å². The lowest BCUT2D eigenvalue weighted by atomic mass is 10.3. The van der Waals surface area contributed by atoms with Crippen molar-refractivity contribution in [1.29, 1.82) is 0 Å². The monoisotopic (exact) mass is 294 g/mol. The van der Waals surface area contributed by atoms with E-state index in [0.29, 0.717) is 5.82 Å². The molecule has 0 bridgehead atoms. The number of halogens is 1. The van der Waals surface area contributed by atoms with Gasteiger partial charge in [-0.1, -0.05) is 22.0 Å². The van der Waals surface area contributed by atoms with Gasteiger partial charge in [-0.15, -0.1) is 11.8 Å². The van der Waals surface area contributed by atoms with E-state index in [-0.39, 0.29) is 0 Å². The number of hydrogen-bond acceptors (Lipinski definition) is 3. The second-order valence-corrected chi connectivity index (χ2v) is 5.25. The van der Waals surface area contributed by atoms with E-state index in [2.05, 4.69) is 33.0 Å². The molecule has 2 aromatic rings. The summed E-state index contributed by atoms with van der Waals surface area (Å²) in [5, 5.41) is 0. The predicted molar refractivity (Wildman–Crippen MR) is 72.4 cm³/mol. The van der Waals surface area contributed by atoms with Crippen LogP contribution in [0.4, 0.5) is 5.82 Å². The van der Waals surface area contributed by atoms with Crippen LogP contribution in [0, 0.1) is 0 Å². The smallest absolute Gasteiger partial charge is 0.127 e. The molecule has 0 spiro atoms. The molecule has 2 rings (SSSR count). The van der Waals surface area contributed by atoms with Gasteiger partial charge < -0.3 is 5.73 Å². The highest BCUT2D eigenvalue weighted by Crippen LogP contribution is 2.25. The number of nitrogen functional groups attached to an aromatic ring is 1. The van der Waals surface area contributed by atoms with Gasteiger partial charge in [0.15, 0.2) is 0 Å². The van der Waals surface area contributed by atoms with E-state index in [9.17, 15) is 0 Å². The minimum absolute atomic E-state index is 0.618. The third-order valence-electron chi connectivity index (χ3n) is 2.13. The van der Waals surface area contributed by atoms with E-state index in [1.165, 1.54) is 4.90 Å². The zero-order valence-corrected chi connectivity index (χ0v) is 11.0. The van der Waals surface area contributed by atoms with Crippen LogP contribution in [-0.4, -0.2) is 4.98 Å². The van der Waals surface area contributed by atoms with E-state index in [0.717, 1.165) is 15.8 Å².